The van der Waals surface area contributed by atoms with Crippen LogP contribution in [-0.4, -0.2) is 17.6 Å². The Labute approximate surface area is 124 Å². The standard InChI is InChI=1S/C17H19FN2O/c18-16-6-3-4-13(12-20-15-7-8-15)17(16)21-11-9-14-5-1-2-10-19-14/h1-6,10,15,20H,7-9,11-12H2. The van der Waals surface area contributed by atoms with Crippen molar-refractivity contribution >= 4 is 0 Å². The second kappa shape index (κ2) is 6.68. The molecule has 1 aliphatic rings. The van der Waals surface area contributed by atoms with Crippen molar-refractivity contribution in [3.8, 4) is 5.75 Å². The minimum atomic E-state index is -0.300. The smallest absolute Gasteiger partial charge is 0.165 e. The fraction of sp³-hybridized carbons (Fsp3) is 0.353. The molecule has 0 aliphatic heterocycles. The predicted molar refractivity (Wildman–Crippen MR) is 79.7 cm³/mol. The largest absolute Gasteiger partial charge is 0.490 e. The summed E-state index contributed by atoms with van der Waals surface area (Å²) in [4.78, 5) is 4.24. The maximum atomic E-state index is 13.9. The summed E-state index contributed by atoms with van der Waals surface area (Å²) in [6.07, 6.45) is 4.85. The summed E-state index contributed by atoms with van der Waals surface area (Å²) in [6, 6.07) is 11.4. The fourth-order valence-corrected chi connectivity index (χ4v) is 2.20. The molecule has 0 radical (unpaired) electrons. The number of nitrogens with one attached hydrogen (secondary N) is 1. The van der Waals surface area contributed by atoms with E-state index in [1.54, 1.807) is 12.3 Å². The third kappa shape index (κ3) is 4.02. The van der Waals surface area contributed by atoms with Gasteiger partial charge in [-0.15, -0.1) is 0 Å². The van der Waals surface area contributed by atoms with E-state index in [9.17, 15) is 4.39 Å². The van der Waals surface area contributed by atoms with Crippen LogP contribution in [-0.2, 0) is 13.0 Å². The molecule has 0 unspecified atom stereocenters. The highest BCUT2D eigenvalue weighted by atomic mass is 19.1. The Kier molecular flexibility index (Phi) is 4.46. The lowest BCUT2D eigenvalue weighted by atomic mass is 10.2. The number of aromatic nitrogens is 1. The van der Waals surface area contributed by atoms with Gasteiger partial charge in [0.25, 0.3) is 0 Å². The van der Waals surface area contributed by atoms with Crippen LogP contribution in [0.3, 0.4) is 0 Å². The monoisotopic (exact) mass is 286 g/mol. The first kappa shape index (κ1) is 14.0. The lowest BCUT2D eigenvalue weighted by Crippen LogP contribution is -2.17. The molecule has 0 spiro atoms. The van der Waals surface area contributed by atoms with E-state index >= 15 is 0 Å². The van der Waals surface area contributed by atoms with Crippen LogP contribution in [0.25, 0.3) is 0 Å². The normalized spacial score (nSPS) is 14.1. The number of benzene rings is 1. The van der Waals surface area contributed by atoms with Crippen LogP contribution < -0.4 is 10.1 Å². The highest BCUT2D eigenvalue weighted by Crippen LogP contribution is 2.25. The molecular weight excluding hydrogens is 267 g/mol. The van der Waals surface area contributed by atoms with Crippen LogP contribution in [0.1, 0.15) is 24.1 Å². The molecule has 1 fully saturated rings. The van der Waals surface area contributed by atoms with Crippen LogP contribution in [0.15, 0.2) is 42.6 Å². The zero-order valence-corrected chi connectivity index (χ0v) is 11.9. The Bertz CT molecular complexity index is 585. The van der Waals surface area contributed by atoms with Gasteiger partial charge in [0.2, 0.25) is 0 Å². The van der Waals surface area contributed by atoms with Gasteiger partial charge in [0.05, 0.1) is 6.61 Å². The van der Waals surface area contributed by atoms with Gasteiger partial charge in [-0.1, -0.05) is 18.2 Å². The van der Waals surface area contributed by atoms with Gasteiger partial charge in [-0.3, -0.25) is 4.98 Å². The lowest BCUT2D eigenvalue weighted by Gasteiger charge is -2.13. The van der Waals surface area contributed by atoms with Crippen molar-refractivity contribution in [1.29, 1.82) is 0 Å². The topological polar surface area (TPSA) is 34.1 Å². The fourth-order valence-electron chi connectivity index (χ4n) is 2.20. The zero-order chi connectivity index (χ0) is 14.5. The average molecular weight is 286 g/mol. The van der Waals surface area contributed by atoms with E-state index in [1.165, 1.54) is 18.9 Å². The maximum Gasteiger partial charge on any atom is 0.165 e. The molecule has 1 N–H and O–H groups in total. The molecule has 1 aromatic heterocycles. The third-order valence-corrected chi connectivity index (χ3v) is 3.54. The summed E-state index contributed by atoms with van der Waals surface area (Å²) in [7, 11) is 0. The Morgan fingerprint density at radius 2 is 2.10 bits per heavy atom. The van der Waals surface area contributed by atoms with Crippen molar-refractivity contribution in [1.82, 2.24) is 10.3 Å². The number of ether oxygens (including phenoxy) is 1. The van der Waals surface area contributed by atoms with Gasteiger partial charge < -0.3 is 10.1 Å². The molecule has 0 atom stereocenters. The van der Waals surface area contributed by atoms with Crippen molar-refractivity contribution < 1.29 is 9.13 Å². The molecule has 0 bridgehead atoms. The highest BCUT2D eigenvalue weighted by Gasteiger charge is 2.21. The molecule has 21 heavy (non-hydrogen) atoms. The number of para-hydroxylation sites is 1. The van der Waals surface area contributed by atoms with Crippen molar-refractivity contribution in [2.24, 2.45) is 0 Å². The number of halogens is 1. The maximum absolute atomic E-state index is 13.9. The summed E-state index contributed by atoms with van der Waals surface area (Å²) in [5, 5.41) is 3.39. The minimum absolute atomic E-state index is 0.300. The molecule has 3 nitrogen and oxygen atoms in total. The van der Waals surface area contributed by atoms with Crippen molar-refractivity contribution in [3.63, 3.8) is 0 Å². The first-order valence-corrected chi connectivity index (χ1v) is 7.36. The SMILES string of the molecule is Fc1cccc(CNC2CC2)c1OCCc1ccccn1. The van der Waals surface area contributed by atoms with E-state index in [0.29, 0.717) is 31.4 Å². The van der Waals surface area contributed by atoms with Gasteiger partial charge >= 0.3 is 0 Å². The third-order valence-electron chi connectivity index (χ3n) is 3.54. The van der Waals surface area contributed by atoms with Gasteiger partial charge in [-0.2, -0.15) is 0 Å². The molecule has 0 saturated heterocycles. The summed E-state index contributed by atoms with van der Waals surface area (Å²) in [5.74, 6) is 0.0627. The van der Waals surface area contributed by atoms with Crippen LogP contribution in [0.2, 0.25) is 0 Å². The number of nitrogens with zero attached hydrogens (tertiary/aromatic N) is 1. The molecule has 0 amide bonds. The van der Waals surface area contributed by atoms with E-state index < -0.39 is 0 Å². The van der Waals surface area contributed by atoms with E-state index in [0.717, 1.165) is 11.3 Å². The molecule has 1 aliphatic carbocycles. The van der Waals surface area contributed by atoms with Gasteiger partial charge in [0.1, 0.15) is 0 Å². The second-order valence-corrected chi connectivity index (χ2v) is 5.30. The molecule has 3 rings (SSSR count). The van der Waals surface area contributed by atoms with Crippen molar-refractivity contribution in [2.45, 2.75) is 31.8 Å². The Morgan fingerprint density at radius 1 is 1.19 bits per heavy atom. The lowest BCUT2D eigenvalue weighted by molar-refractivity contribution is 0.299. The van der Waals surface area contributed by atoms with E-state index in [-0.39, 0.29) is 5.82 Å². The summed E-state index contributed by atoms with van der Waals surface area (Å²) in [5.41, 5.74) is 1.83. The van der Waals surface area contributed by atoms with Gasteiger partial charge in [0.15, 0.2) is 11.6 Å². The summed E-state index contributed by atoms with van der Waals surface area (Å²) >= 11 is 0. The average Bonchev–Trinajstić information content (AvgIpc) is 3.33. The number of hydrogen-bond donors (Lipinski definition) is 1. The Morgan fingerprint density at radius 3 is 2.86 bits per heavy atom. The summed E-state index contributed by atoms with van der Waals surface area (Å²) < 4.78 is 19.6. The van der Waals surface area contributed by atoms with E-state index in [2.05, 4.69) is 10.3 Å². The molecule has 1 saturated carbocycles. The van der Waals surface area contributed by atoms with E-state index in [4.69, 9.17) is 4.74 Å². The number of rotatable bonds is 7. The predicted octanol–water partition coefficient (Wildman–Crippen LogP) is 3.09. The molecule has 2 aromatic rings. The minimum Gasteiger partial charge on any atom is -0.490 e. The first-order chi connectivity index (χ1) is 10.3. The molecule has 4 heteroatoms. The molecule has 1 aromatic carbocycles. The molecule has 1 heterocycles. The van der Waals surface area contributed by atoms with Crippen molar-refractivity contribution in [2.75, 3.05) is 6.61 Å². The quantitative estimate of drug-likeness (QED) is 0.849. The first-order valence-electron chi connectivity index (χ1n) is 7.36. The highest BCUT2D eigenvalue weighted by molar-refractivity contribution is 5.35. The van der Waals surface area contributed by atoms with Crippen LogP contribution in [0.4, 0.5) is 4.39 Å². The molecular formula is C17H19FN2O. The Balaban J connectivity index is 1.60. The van der Waals surface area contributed by atoms with Crippen LogP contribution in [0, 0.1) is 5.82 Å². The van der Waals surface area contributed by atoms with Crippen molar-refractivity contribution in [3.05, 3.63) is 59.7 Å². The number of hydrogen-bond acceptors (Lipinski definition) is 3. The second-order valence-electron chi connectivity index (χ2n) is 5.30. The van der Waals surface area contributed by atoms with Gasteiger partial charge in [-0.05, 0) is 31.0 Å². The molecule has 110 valence electrons. The van der Waals surface area contributed by atoms with E-state index in [1.807, 2.05) is 24.3 Å². The Hall–Kier alpha value is -1.94. The zero-order valence-electron chi connectivity index (χ0n) is 11.9. The van der Waals surface area contributed by atoms with Crippen LogP contribution in [0.5, 0.6) is 5.75 Å². The van der Waals surface area contributed by atoms with Crippen LogP contribution >= 0.6 is 0 Å². The summed E-state index contributed by atoms with van der Waals surface area (Å²) in [6.45, 7) is 1.08. The van der Waals surface area contributed by atoms with Gasteiger partial charge in [-0.25, -0.2) is 4.39 Å². The van der Waals surface area contributed by atoms with Gasteiger partial charge in [0, 0.05) is 36.5 Å². The number of pyridine rings is 1.